The van der Waals surface area contributed by atoms with Crippen molar-refractivity contribution in [2.45, 2.75) is 161 Å². The van der Waals surface area contributed by atoms with Crippen molar-refractivity contribution in [3.8, 4) is 0 Å². The number of hydrogen-bond donors (Lipinski definition) is 5. The Bertz CT molecular complexity index is 1050. The largest absolute Gasteiger partial charge is 0.480 e. The molecule has 11 heteroatoms. The molecule has 0 aromatic rings. The fourth-order valence-corrected chi connectivity index (χ4v) is 7.94. The van der Waals surface area contributed by atoms with E-state index in [1.807, 2.05) is 27.7 Å². The summed E-state index contributed by atoms with van der Waals surface area (Å²) in [5, 5.41) is 18.9. The maximum Gasteiger partial charge on any atom is 0.326 e. The summed E-state index contributed by atoms with van der Waals surface area (Å²) in [6, 6.07) is -4.34. The van der Waals surface area contributed by atoms with E-state index in [4.69, 9.17) is 5.73 Å². The fourth-order valence-electron chi connectivity index (χ4n) is 7.94. The van der Waals surface area contributed by atoms with Crippen LogP contribution in [0.15, 0.2) is 0 Å². The minimum atomic E-state index is -1.07. The molecule has 0 heterocycles. The lowest BCUT2D eigenvalue weighted by Gasteiger charge is -2.37. The van der Waals surface area contributed by atoms with Crippen molar-refractivity contribution in [3.63, 3.8) is 0 Å². The molecule has 0 saturated heterocycles. The highest BCUT2D eigenvalue weighted by Gasteiger charge is 2.41. The van der Waals surface area contributed by atoms with Gasteiger partial charge in [0.15, 0.2) is 0 Å². The molecule has 0 aromatic heterocycles. The lowest BCUT2D eigenvalue weighted by atomic mass is 9.81. The first kappa shape index (κ1) is 38.8. The molecule has 3 saturated carbocycles. The van der Waals surface area contributed by atoms with E-state index in [0.717, 1.165) is 96.3 Å². The molecule has 4 amide bonds. The molecule has 3 aliphatic carbocycles. The van der Waals surface area contributed by atoms with Crippen LogP contribution >= 0.6 is 0 Å². The molecule has 0 unspecified atom stereocenters. The zero-order valence-electron chi connectivity index (χ0n) is 29.6. The molecule has 0 aliphatic heterocycles. The van der Waals surface area contributed by atoms with Gasteiger partial charge < -0.3 is 31.7 Å². The number of rotatable bonds is 15. The average molecular weight is 662 g/mol. The molecule has 0 radical (unpaired) electrons. The van der Waals surface area contributed by atoms with Gasteiger partial charge in [0.2, 0.25) is 23.6 Å². The van der Waals surface area contributed by atoms with Gasteiger partial charge in [-0.3, -0.25) is 19.2 Å². The van der Waals surface area contributed by atoms with Gasteiger partial charge in [0.1, 0.15) is 24.2 Å². The quantitative estimate of drug-likeness (QED) is 0.176. The lowest BCUT2D eigenvalue weighted by Crippen LogP contribution is -2.62. The van der Waals surface area contributed by atoms with E-state index >= 15 is 0 Å². The minimum Gasteiger partial charge on any atom is -0.480 e. The highest BCUT2D eigenvalue weighted by atomic mass is 16.4. The number of amides is 4. The number of carboxylic acid groups (broad SMARTS) is 1. The molecule has 6 N–H and O–H groups in total. The van der Waals surface area contributed by atoms with Crippen molar-refractivity contribution in [3.05, 3.63) is 0 Å². The Labute approximate surface area is 282 Å². The number of carbonyl (C=O) groups is 5. The number of hydrogen-bond acceptors (Lipinski definition) is 6. The molecule has 3 rings (SSSR count). The predicted octanol–water partition coefficient (Wildman–Crippen LogP) is 4.12. The standard InChI is InChI=1S/C36H63N5O6/c1-22(2)21-27(36(46)47)41(5)35(45)31(26-19-13-8-14-20-26)40-34(44)30(25-17-11-7-12-18-25)39-33(43)29(23(3)4)38-32(42)28(37)24-15-9-6-10-16-24/h22-31H,6-21,37H2,1-5H3,(H,38,42)(H,39,43)(H,40,44)(H,46,47)/t27-,28-,29-,30-,31-/m1/s1. The van der Waals surface area contributed by atoms with Crippen molar-refractivity contribution >= 4 is 29.6 Å². The molecule has 11 nitrogen and oxygen atoms in total. The second kappa shape index (κ2) is 18.7. The number of nitrogens with two attached hydrogens (primary N) is 1. The first-order valence-corrected chi connectivity index (χ1v) is 18.5. The van der Waals surface area contributed by atoms with Crippen molar-refractivity contribution in [2.75, 3.05) is 7.05 Å². The second-order valence-electron chi connectivity index (χ2n) is 15.4. The van der Waals surface area contributed by atoms with E-state index < -0.39 is 53.9 Å². The van der Waals surface area contributed by atoms with Crippen LogP contribution in [0, 0.1) is 29.6 Å². The van der Waals surface area contributed by atoms with Crippen molar-refractivity contribution in [2.24, 2.45) is 35.3 Å². The highest BCUT2D eigenvalue weighted by molar-refractivity contribution is 5.95. The Kier molecular flexibility index (Phi) is 15.5. The van der Waals surface area contributed by atoms with Crippen LogP contribution in [0.25, 0.3) is 0 Å². The summed E-state index contributed by atoms with van der Waals surface area (Å²) in [6.45, 7) is 7.55. The first-order valence-electron chi connectivity index (χ1n) is 18.5. The summed E-state index contributed by atoms with van der Waals surface area (Å²) in [5.74, 6) is -3.01. The fraction of sp³-hybridized carbons (Fsp3) is 0.861. The molecule has 47 heavy (non-hydrogen) atoms. The number of carboxylic acids is 1. The summed E-state index contributed by atoms with van der Waals surface area (Å²) in [6.07, 6.45) is 14.3. The zero-order chi connectivity index (χ0) is 34.7. The molecular weight excluding hydrogens is 598 g/mol. The van der Waals surface area contributed by atoms with Gasteiger partial charge in [-0.1, -0.05) is 85.5 Å². The Morgan fingerprint density at radius 1 is 0.660 bits per heavy atom. The summed E-state index contributed by atoms with van der Waals surface area (Å²) in [7, 11) is 1.51. The third-order valence-electron chi connectivity index (χ3n) is 10.9. The predicted molar refractivity (Wildman–Crippen MR) is 182 cm³/mol. The molecule has 0 aromatic carbocycles. The normalized spacial score (nSPS) is 21.7. The second-order valence-corrected chi connectivity index (χ2v) is 15.4. The SMILES string of the molecule is CC(C)C[C@H](C(=O)O)N(C)C(=O)[C@H](NC(=O)[C@H](NC(=O)[C@H](NC(=O)[C@H](N)C1CCCCC1)C(C)C)C1CCCCC1)C1CCCCC1. The maximum absolute atomic E-state index is 14.2. The van der Waals surface area contributed by atoms with Gasteiger partial charge in [0.25, 0.3) is 0 Å². The summed E-state index contributed by atoms with van der Waals surface area (Å²) < 4.78 is 0. The molecule has 3 fully saturated rings. The Balaban J connectivity index is 1.83. The molecule has 0 bridgehead atoms. The minimum absolute atomic E-state index is 0.0616. The average Bonchev–Trinajstić information content (AvgIpc) is 3.06. The van der Waals surface area contributed by atoms with Crippen molar-refractivity contribution < 1.29 is 29.1 Å². The van der Waals surface area contributed by atoms with Crippen LogP contribution in [0.1, 0.15) is 130 Å². The van der Waals surface area contributed by atoms with E-state index in [0.29, 0.717) is 6.42 Å². The maximum atomic E-state index is 14.2. The topological polar surface area (TPSA) is 171 Å². The van der Waals surface area contributed by atoms with Crippen LogP contribution in [-0.4, -0.2) is 76.9 Å². The third-order valence-corrected chi connectivity index (χ3v) is 10.9. The van der Waals surface area contributed by atoms with Crippen LogP contribution in [-0.2, 0) is 24.0 Å². The van der Waals surface area contributed by atoms with E-state index in [1.165, 1.54) is 11.9 Å². The molecule has 268 valence electrons. The van der Waals surface area contributed by atoms with Gasteiger partial charge in [0.05, 0.1) is 6.04 Å². The monoisotopic (exact) mass is 661 g/mol. The summed E-state index contributed by atoms with van der Waals surface area (Å²) >= 11 is 0. The number of aliphatic carboxylic acids is 1. The van der Waals surface area contributed by atoms with Gasteiger partial charge in [-0.2, -0.15) is 0 Å². The van der Waals surface area contributed by atoms with E-state index in [-0.39, 0.29) is 35.5 Å². The lowest BCUT2D eigenvalue weighted by molar-refractivity contribution is -0.152. The Hall–Kier alpha value is -2.69. The summed E-state index contributed by atoms with van der Waals surface area (Å²) in [5.41, 5.74) is 6.37. The van der Waals surface area contributed by atoms with Crippen LogP contribution in [0.3, 0.4) is 0 Å². The Morgan fingerprint density at radius 3 is 1.55 bits per heavy atom. The number of likely N-dealkylation sites (N-methyl/N-ethyl adjacent to an activating group) is 1. The van der Waals surface area contributed by atoms with Crippen LogP contribution in [0.2, 0.25) is 0 Å². The molecular formula is C36H63N5O6. The smallest absolute Gasteiger partial charge is 0.326 e. The number of carbonyl (C=O) groups excluding carboxylic acids is 4. The highest BCUT2D eigenvalue weighted by Crippen LogP contribution is 2.30. The number of nitrogens with one attached hydrogen (secondary N) is 3. The van der Waals surface area contributed by atoms with Crippen LogP contribution in [0.5, 0.6) is 0 Å². The van der Waals surface area contributed by atoms with Crippen LogP contribution in [0.4, 0.5) is 0 Å². The Morgan fingerprint density at radius 2 is 1.11 bits per heavy atom. The van der Waals surface area contributed by atoms with Crippen molar-refractivity contribution in [1.82, 2.24) is 20.9 Å². The van der Waals surface area contributed by atoms with Gasteiger partial charge in [0, 0.05) is 7.05 Å². The van der Waals surface area contributed by atoms with Crippen LogP contribution < -0.4 is 21.7 Å². The molecule has 3 aliphatic rings. The van der Waals surface area contributed by atoms with Gasteiger partial charge >= 0.3 is 5.97 Å². The van der Waals surface area contributed by atoms with E-state index in [1.54, 1.807) is 0 Å². The number of nitrogens with zero attached hydrogens (tertiary/aromatic N) is 1. The summed E-state index contributed by atoms with van der Waals surface area (Å²) in [4.78, 5) is 68.9. The van der Waals surface area contributed by atoms with E-state index in [2.05, 4.69) is 16.0 Å². The molecule has 5 atom stereocenters. The van der Waals surface area contributed by atoms with Gasteiger partial charge in [-0.05, 0) is 74.5 Å². The van der Waals surface area contributed by atoms with Gasteiger partial charge in [-0.15, -0.1) is 0 Å². The third kappa shape index (κ3) is 11.2. The van der Waals surface area contributed by atoms with Crippen molar-refractivity contribution in [1.29, 1.82) is 0 Å². The zero-order valence-corrected chi connectivity index (χ0v) is 29.6. The molecule has 0 spiro atoms. The van der Waals surface area contributed by atoms with E-state index in [9.17, 15) is 29.1 Å². The first-order chi connectivity index (χ1) is 22.3. The van der Waals surface area contributed by atoms with Gasteiger partial charge in [-0.25, -0.2) is 4.79 Å².